The van der Waals surface area contributed by atoms with Crippen LogP contribution in [0, 0.1) is 6.92 Å². The van der Waals surface area contributed by atoms with E-state index in [0.717, 1.165) is 18.4 Å². The molecule has 9 heteroatoms. The van der Waals surface area contributed by atoms with E-state index in [9.17, 15) is 13.2 Å². The number of carbonyl (C=O) groups is 1. The second kappa shape index (κ2) is 10.3. The second-order valence-electron chi connectivity index (χ2n) is 8.57. The van der Waals surface area contributed by atoms with Crippen LogP contribution in [0.3, 0.4) is 0 Å². The fourth-order valence-corrected chi connectivity index (χ4v) is 5.31. The van der Waals surface area contributed by atoms with E-state index in [1.165, 1.54) is 30.6 Å². The summed E-state index contributed by atoms with van der Waals surface area (Å²) in [4.78, 5) is 12.7. The predicted octanol–water partition coefficient (Wildman–Crippen LogP) is 4.54. The molecule has 4 rings (SSSR count). The third-order valence-corrected chi connectivity index (χ3v) is 7.91. The maximum absolute atomic E-state index is 12.9. The van der Waals surface area contributed by atoms with Crippen molar-refractivity contribution in [1.29, 1.82) is 0 Å². The van der Waals surface area contributed by atoms with Crippen molar-refractivity contribution >= 4 is 27.4 Å². The van der Waals surface area contributed by atoms with Crippen LogP contribution in [0.1, 0.15) is 43.7 Å². The van der Waals surface area contributed by atoms with Crippen molar-refractivity contribution in [3.05, 3.63) is 66.4 Å². The molecule has 1 aliphatic rings. The molecule has 2 aromatic carbocycles. The minimum absolute atomic E-state index is 0.160. The number of benzene rings is 2. The van der Waals surface area contributed by atoms with Gasteiger partial charge in [0.15, 0.2) is 6.61 Å². The minimum atomic E-state index is -3.67. The van der Waals surface area contributed by atoms with E-state index in [1.807, 2.05) is 11.6 Å². The van der Waals surface area contributed by atoms with Gasteiger partial charge >= 0.3 is 0 Å². The summed E-state index contributed by atoms with van der Waals surface area (Å²) in [6.07, 6.45) is 7.45. The number of nitrogens with zero attached hydrogens (tertiary/aromatic N) is 3. The smallest absolute Gasteiger partial charge is 0.264 e. The van der Waals surface area contributed by atoms with Gasteiger partial charge in [-0.3, -0.25) is 9.10 Å². The summed E-state index contributed by atoms with van der Waals surface area (Å²) in [7, 11) is -2.16. The van der Waals surface area contributed by atoms with E-state index in [2.05, 4.69) is 10.4 Å². The number of aromatic nitrogens is 2. The van der Waals surface area contributed by atoms with Crippen LogP contribution in [0.4, 0.5) is 11.5 Å². The standard InChI is InChI=1S/C25H30N4O4S/c1-19-8-14-23(15-9-19)34(31,32)28(2)20-10-12-22(13-11-20)33-18-25(30)27-24-16-17-26-29(24)21-6-4-3-5-7-21/h8-17,21H,3-7,18H2,1-2H3,(H,27,30). The number of rotatable bonds is 8. The van der Waals surface area contributed by atoms with Gasteiger partial charge < -0.3 is 10.1 Å². The number of ether oxygens (including phenoxy) is 1. The molecule has 1 amide bonds. The number of hydrogen-bond acceptors (Lipinski definition) is 5. The molecule has 1 heterocycles. The van der Waals surface area contributed by atoms with Crippen LogP contribution in [0.5, 0.6) is 5.75 Å². The first kappa shape index (κ1) is 23.8. The van der Waals surface area contributed by atoms with E-state index in [0.29, 0.717) is 23.3 Å². The van der Waals surface area contributed by atoms with Crippen molar-refractivity contribution in [2.24, 2.45) is 0 Å². The molecule has 0 bridgehead atoms. The van der Waals surface area contributed by atoms with E-state index in [4.69, 9.17) is 4.74 Å². The van der Waals surface area contributed by atoms with E-state index in [-0.39, 0.29) is 17.4 Å². The van der Waals surface area contributed by atoms with Crippen LogP contribution in [0.15, 0.2) is 65.7 Å². The Hall–Kier alpha value is -3.33. The zero-order valence-corrected chi connectivity index (χ0v) is 20.3. The third kappa shape index (κ3) is 5.41. The summed E-state index contributed by atoms with van der Waals surface area (Å²) in [6.45, 7) is 1.75. The molecule has 0 radical (unpaired) electrons. The molecule has 0 unspecified atom stereocenters. The van der Waals surface area contributed by atoms with Crippen molar-refractivity contribution in [2.45, 2.75) is 50.0 Å². The van der Waals surface area contributed by atoms with E-state index in [1.54, 1.807) is 60.8 Å². The van der Waals surface area contributed by atoms with Crippen LogP contribution in [-0.2, 0) is 14.8 Å². The van der Waals surface area contributed by atoms with Gasteiger partial charge in [-0.25, -0.2) is 13.1 Å². The Labute approximate surface area is 200 Å². The summed E-state index contributed by atoms with van der Waals surface area (Å²) in [5.74, 6) is 0.875. The summed E-state index contributed by atoms with van der Waals surface area (Å²) in [6, 6.07) is 15.4. The predicted molar refractivity (Wildman–Crippen MR) is 132 cm³/mol. The first-order valence-electron chi connectivity index (χ1n) is 11.5. The van der Waals surface area contributed by atoms with Gasteiger partial charge in [0, 0.05) is 13.1 Å². The largest absolute Gasteiger partial charge is 0.484 e. The highest BCUT2D eigenvalue weighted by molar-refractivity contribution is 7.92. The van der Waals surface area contributed by atoms with Gasteiger partial charge in [0.25, 0.3) is 15.9 Å². The molecule has 34 heavy (non-hydrogen) atoms. The molecule has 1 aliphatic carbocycles. The van der Waals surface area contributed by atoms with Crippen molar-refractivity contribution in [1.82, 2.24) is 9.78 Å². The molecule has 180 valence electrons. The van der Waals surface area contributed by atoms with Gasteiger partial charge in [-0.2, -0.15) is 5.10 Å². The lowest BCUT2D eigenvalue weighted by molar-refractivity contribution is -0.118. The van der Waals surface area contributed by atoms with Gasteiger partial charge in [-0.05, 0) is 56.2 Å². The number of carbonyl (C=O) groups excluding carboxylic acids is 1. The van der Waals surface area contributed by atoms with Gasteiger partial charge in [-0.15, -0.1) is 0 Å². The molecule has 0 spiro atoms. The molecule has 0 atom stereocenters. The fraction of sp³-hybridized carbons (Fsp3) is 0.360. The number of amides is 1. The lowest BCUT2D eigenvalue weighted by Gasteiger charge is -2.23. The molecule has 1 fully saturated rings. The van der Waals surface area contributed by atoms with Gasteiger partial charge in [-0.1, -0.05) is 37.0 Å². The molecule has 0 aliphatic heterocycles. The molecule has 0 saturated heterocycles. The zero-order chi connectivity index (χ0) is 24.1. The zero-order valence-electron chi connectivity index (χ0n) is 19.5. The number of aryl methyl sites for hydroxylation is 1. The Kier molecular flexibility index (Phi) is 7.21. The Balaban J connectivity index is 1.34. The second-order valence-corrected chi connectivity index (χ2v) is 10.5. The first-order valence-corrected chi connectivity index (χ1v) is 12.9. The summed E-state index contributed by atoms with van der Waals surface area (Å²) < 4.78 is 34.5. The van der Waals surface area contributed by atoms with Crippen LogP contribution < -0.4 is 14.4 Å². The highest BCUT2D eigenvalue weighted by Gasteiger charge is 2.21. The topological polar surface area (TPSA) is 93.5 Å². The SMILES string of the molecule is Cc1ccc(S(=O)(=O)N(C)c2ccc(OCC(=O)Nc3ccnn3C3CCCCC3)cc2)cc1. The number of hydrogen-bond donors (Lipinski definition) is 1. The molecular formula is C25H30N4O4S. The normalized spacial score (nSPS) is 14.5. The van der Waals surface area contributed by atoms with Crippen molar-refractivity contribution < 1.29 is 17.9 Å². The summed E-state index contributed by atoms with van der Waals surface area (Å²) >= 11 is 0. The minimum Gasteiger partial charge on any atom is -0.484 e. The summed E-state index contributed by atoms with van der Waals surface area (Å²) in [5.41, 5.74) is 1.49. The van der Waals surface area contributed by atoms with Crippen molar-refractivity contribution in [3.8, 4) is 5.75 Å². The Bertz CT molecular complexity index is 1210. The lowest BCUT2D eigenvalue weighted by atomic mass is 9.96. The molecule has 1 N–H and O–H groups in total. The monoisotopic (exact) mass is 482 g/mol. The van der Waals surface area contributed by atoms with Crippen molar-refractivity contribution in [3.63, 3.8) is 0 Å². The maximum atomic E-state index is 12.9. The lowest BCUT2D eigenvalue weighted by Crippen LogP contribution is -2.26. The number of nitrogens with one attached hydrogen (secondary N) is 1. The van der Waals surface area contributed by atoms with E-state index < -0.39 is 10.0 Å². The third-order valence-electron chi connectivity index (χ3n) is 6.11. The molecule has 8 nitrogen and oxygen atoms in total. The van der Waals surface area contributed by atoms with Crippen LogP contribution in [-0.4, -0.2) is 37.8 Å². The number of anilines is 2. The Morgan fingerprint density at radius 1 is 1.06 bits per heavy atom. The van der Waals surface area contributed by atoms with Crippen LogP contribution in [0.25, 0.3) is 0 Å². The quantitative estimate of drug-likeness (QED) is 0.509. The Morgan fingerprint density at radius 3 is 2.41 bits per heavy atom. The van der Waals surface area contributed by atoms with Gasteiger partial charge in [0.05, 0.1) is 22.8 Å². The van der Waals surface area contributed by atoms with Crippen molar-refractivity contribution in [2.75, 3.05) is 23.3 Å². The Morgan fingerprint density at radius 2 is 1.74 bits per heavy atom. The highest BCUT2D eigenvalue weighted by Crippen LogP contribution is 2.30. The van der Waals surface area contributed by atoms with Gasteiger partial charge in [0.2, 0.25) is 0 Å². The molecule has 1 aromatic heterocycles. The summed E-state index contributed by atoms with van der Waals surface area (Å²) in [5, 5.41) is 7.27. The van der Waals surface area contributed by atoms with Gasteiger partial charge in [0.1, 0.15) is 11.6 Å². The highest BCUT2D eigenvalue weighted by atomic mass is 32.2. The molecular weight excluding hydrogens is 452 g/mol. The number of sulfonamides is 1. The molecule has 1 saturated carbocycles. The van der Waals surface area contributed by atoms with Crippen LogP contribution in [0.2, 0.25) is 0 Å². The van der Waals surface area contributed by atoms with E-state index >= 15 is 0 Å². The average Bonchev–Trinajstić information content (AvgIpc) is 3.31. The maximum Gasteiger partial charge on any atom is 0.264 e. The molecule has 3 aromatic rings. The average molecular weight is 483 g/mol. The first-order chi connectivity index (χ1) is 16.3. The fourth-order valence-electron chi connectivity index (χ4n) is 4.12. The van der Waals surface area contributed by atoms with Crippen LogP contribution >= 0.6 is 0 Å².